The zero-order chi connectivity index (χ0) is 23.5. The van der Waals surface area contributed by atoms with Gasteiger partial charge in [0, 0.05) is 64.5 Å². The molecule has 2 fully saturated rings. The third-order valence-corrected chi connectivity index (χ3v) is 6.57. The number of imidazole rings is 1. The van der Waals surface area contributed by atoms with Gasteiger partial charge in [0.25, 0.3) is 0 Å². The van der Waals surface area contributed by atoms with Gasteiger partial charge in [-0.15, -0.1) is 0 Å². The first-order valence-electron chi connectivity index (χ1n) is 12.3. The lowest BCUT2D eigenvalue weighted by molar-refractivity contribution is -0.127. The van der Waals surface area contributed by atoms with Crippen molar-refractivity contribution in [3.63, 3.8) is 0 Å². The quantitative estimate of drug-likeness (QED) is 0.509. The molecule has 10 heteroatoms. The highest BCUT2D eigenvalue weighted by Gasteiger charge is 2.23. The highest BCUT2D eigenvalue weighted by Crippen LogP contribution is 2.26. The Balaban J connectivity index is 1.31. The van der Waals surface area contributed by atoms with E-state index in [2.05, 4.69) is 49.6 Å². The van der Waals surface area contributed by atoms with Crippen molar-refractivity contribution in [1.29, 1.82) is 0 Å². The van der Waals surface area contributed by atoms with Crippen LogP contribution in [0.25, 0.3) is 11.2 Å². The predicted molar refractivity (Wildman–Crippen MR) is 133 cm³/mol. The van der Waals surface area contributed by atoms with Crippen molar-refractivity contribution in [2.24, 2.45) is 0 Å². The van der Waals surface area contributed by atoms with Crippen LogP contribution in [0.5, 0.6) is 0 Å². The van der Waals surface area contributed by atoms with Crippen molar-refractivity contribution < 1.29 is 4.79 Å². The molecule has 0 radical (unpaired) electrons. The van der Waals surface area contributed by atoms with E-state index in [0.29, 0.717) is 6.42 Å². The number of hydrogen-bond acceptors (Lipinski definition) is 8. The maximum atomic E-state index is 11.9. The van der Waals surface area contributed by atoms with Gasteiger partial charge in [0.05, 0.1) is 6.33 Å². The Morgan fingerprint density at radius 3 is 2.56 bits per heavy atom. The number of aromatic nitrogens is 5. The fraction of sp³-hybridized carbons (Fsp3) is 0.542. The molecule has 2 saturated heterocycles. The standard InChI is InChI=1S/C24H33N9O/c1-18(2)33-17-27-21-22(26-10-6-12-31-11-5-8-20(31)34)28-24(29-23(21)33)32-15-13-30(14-16-32)19-7-3-4-9-25-19/h3-4,7,9,17-18H,5-6,8,10-16H2,1-2H3,(H,26,28,29). The van der Waals surface area contributed by atoms with E-state index in [4.69, 9.17) is 9.97 Å². The SMILES string of the molecule is CC(C)n1cnc2c(NCCCN3CCCC3=O)nc(N3CCN(c4ccccn4)CC3)nc21. The van der Waals surface area contributed by atoms with Gasteiger partial charge in [-0.05, 0) is 38.8 Å². The number of piperazine rings is 1. The fourth-order valence-electron chi connectivity index (χ4n) is 4.64. The van der Waals surface area contributed by atoms with Gasteiger partial charge in [0.1, 0.15) is 5.82 Å². The Kier molecular flexibility index (Phi) is 6.46. The van der Waals surface area contributed by atoms with Crippen molar-refractivity contribution in [1.82, 2.24) is 29.4 Å². The number of pyridine rings is 1. The molecule has 180 valence electrons. The summed E-state index contributed by atoms with van der Waals surface area (Å²) in [6, 6.07) is 6.27. The fourth-order valence-corrected chi connectivity index (χ4v) is 4.64. The van der Waals surface area contributed by atoms with Crippen molar-refractivity contribution in [3.05, 3.63) is 30.7 Å². The largest absolute Gasteiger partial charge is 0.368 e. The molecule has 0 aliphatic carbocycles. The van der Waals surface area contributed by atoms with Crippen LogP contribution >= 0.6 is 0 Å². The number of fused-ring (bicyclic) bond motifs is 1. The molecule has 2 aliphatic rings. The number of nitrogens with one attached hydrogen (secondary N) is 1. The summed E-state index contributed by atoms with van der Waals surface area (Å²) in [7, 11) is 0. The first-order valence-corrected chi connectivity index (χ1v) is 12.3. The molecular weight excluding hydrogens is 430 g/mol. The summed E-state index contributed by atoms with van der Waals surface area (Å²) in [6.45, 7) is 10.1. The van der Waals surface area contributed by atoms with E-state index in [0.717, 1.165) is 87.4 Å². The molecule has 34 heavy (non-hydrogen) atoms. The van der Waals surface area contributed by atoms with Crippen molar-refractivity contribution >= 4 is 34.7 Å². The Morgan fingerprint density at radius 2 is 1.85 bits per heavy atom. The average molecular weight is 464 g/mol. The Hall–Kier alpha value is -3.43. The number of carbonyl (C=O) groups is 1. The van der Waals surface area contributed by atoms with E-state index in [9.17, 15) is 4.79 Å². The summed E-state index contributed by atoms with van der Waals surface area (Å²) in [5.74, 6) is 2.77. The van der Waals surface area contributed by atoms with E-state index < -0.39 is 0 Å². The van der Waals surface area contributed by atoms with Crippen LogP contribution in [0.15, 0.2) is 30.7 Å². The van der Waals surface area contributed by atoms with E-state index in [1.165, 1.54) is 0 Å². The minimum absolute atomic E-state index is 0.253. The molecular formula is C24H33N9O. The number of likely N-dealkylation sites (tertiary alicyclic amines) is 1. The molecule has 0 atom stereocenters. The van der Waals surface area contributed by atoms with E-state index in [1.807, 2.05) is 29.6 Å². The summed E-state index contributed by atoms with van der Waals surface area (Å²) in [5, 5.41) is 3.48. The second kappa shape index (κ2) is 9.82. The molecule has 5 heterocycles. The van der Waals surface area contributed by atoms with Gasteiger partial charge in [-0.2, -0.15) is 9.97 Å². The Morgan fingerprint density at radius 1 is 1.03 bits per heavy atom. The first-order chi connectivity index (χ1) is 16.6. The van der Waals surface area contributed by atoms with Crippen LogP contribution < -0.4 is 15.1 Å². The van der Waals surface area contributed by atoms with Gasteiger partial charge in [-0.1, -0.05) is 6.07 Å². The summed E-state index contributed by atoms with van der Waals surface area (Å²) < 4.78 is 2.10. The zero-order valence-electron chi connectivity index (χ0n) is 20.0. The molecule has 10 nitrogen and oxygen atoms in total. The van der Waals surface area contributed by atoms with E-state index in [-0.39, 0.29) is 11.9 Å². The number of amides is 1. The molecule has 3 aromatic rings. The average Bonchev–Trinajstić information content (AvgIpc) is 3.48. The highest BCUT2D eigenvalue weighted by atomic mass is 16.2. The molecule has 0 saturated carbocycles. The van der Waals surface area contributed by atoms with Gasteiger partial charge in [0.2, 0.25) is 11.9 Å². The molecule has 5 rings (SSSR count). The molecule has 0 aromatic carbocycles. The third-order valence-electron chi connectivity index (χ3n) is 6.57. The number of anilines is 3. The summed E-state index contributed by atoms with van der Waals surface area (Å²) in [6.07, 6.45) is 6.22. The highest BCUT2D eigenvalue weighted by molar-refractivity contribution is 5.84. The summed E-state index contributed by atoms with van der Waals surface area (Å²) >= 11 is 0. The minimum atomic E-state index is 0.253. The zero-order valence-corrected chi connectivity index (χ0v) is 20.0. The van der Waals surface area contributed by atoms with Crippen LogP contribution in [-0.2, 0) is 4.79 Å². The van der Waals surface area contributed by atoms with Crippen LogP contribution in [0.1, 0.15) is 39.2 Å². The lowest BCUT2D eigenvalue weighted by atomic mass is 10.3. The maximum Gasteiger partial charge on any atom is 0.229 e. The summed E-state index contributed by atoms with van der Waals surface area (Å²) in [4.78, 5) is 37.3. The van der Waals surface area contributed by atoms with Gasteiger partial charge in [-0.3, -0.25) is 4.79 Å². The van der Waals surface area contributed by atoms with Crippen LogP contribution in [0, 0.1) is 0 Å². The smallest absolute Gasteiger partial charge is 0.229 e. The maximum absolute atomic E-state index is 11.9. The topological polar surface area (TPSA) is 95.3 Å². The second-order valence-electron chi connectivity index (χ2n) is 9.22. The van der Waals surface area contributed by atoms with E-state index >= 15 is 0 Å². The molecule has 0 spiro atoms. The van der Waals surface area contributed by atoms with Crippen LogP contribution in [-0.4, -0.2) is 81.1 Å². The second-order valence-corrected chi connectivity index (χ2v) is 9.22. The van der Waals surface area contributed by atoms with Gasteiger partial charge < -0.3 is 24.6 Å². The summed E-state index contributed by atoms with van der Waals surface area (Å²) in [5.41, 5.74) is 1.64. The molecule has 3 aromatic heterocycles. The normalized spacial score (nSPS) is 16.8. The number of rotatable bonds is 8. The third kappa shape index (κ3) is 4.62. The van der Waals surface area contributed by atoms with Crippen LogP contribution in [0.3, 0.4) is 0 Å². The van der Waals surface area contributed by atoms with Crippen molar-refractivity contribution in [3.8, 4) is 0 Å². The predicted octanol–water partition coefficient (Wildman–Crippen LogP) is 2.55. The van der Waals surface area contributed by atoms with Crippen LogP contribution in [0.2, 0.25) is 0 Å². The van der Waals surface area contributed by atoms with Crippen molar-refractivity contribution in [2.75, 3.05) is 60.9 Å². The molecule has 2 aliphatic heterocycles. The molecule has 0 bridgehead atoms. The number of carbonyl (C=O) groups excluding carboxylic acids is 1. The number of hydrogen-bond donors (Lipinski definition) is 1. The molecule has 1 amide bonds. The lowest BCUT2D eigenvalue weighted by Gasteiger charge is -2.35. The van der Waals surface area contributed by atoms with Gasteiger partial charge in [-0.25, -0.2) is 9.97 Å². The monoisotopic (exact) mass is 463 g/mol. The number of nitrogens with zero attached hydrogens (tertiary/aromatic N) is 8. The van der Waals surface area contributed by atoms with Gasteiger partial charge in [0.15, 0.2) is 17.0 Å². The molecule has 0 unspecified atom stereocenters. The first kappa shape index (κ1) is 22.4. The Labute approximate surface area is 200 Å². The molecule has 1 N–H and O–H groups in total. The minimum Gasteiger partial charge on any atom is -0.368 e. The lowest BCUT2D eigenvalue weighted by Crippen LogP contribution is -2.47. The van der Waals surface area contributed by atoms with E-state index in [1.54, 1.807) is 0 Å². The Bertz CT molecular complexity index is 1120. The van der Waals surface area contributed by atoms with Gasteiger partial charge >= 0.3 is 0 Å². The van der Waals surface area contributed by atoms with Crippen molar-refractivity contribution in [2.45, 2.75) is 39.2 Å². The van der Waals surface area contributed by atoms with Crippen LogP contribution in [0.4, 0.5) is 17.6 Å².